The van der Waals surface area contributed by atoms with E-state index in [2.05, 4.69) is 29.8 Å². The lowest BCUT2D eigenvalue weighted by Gasteiger charge is -2.35. The summed E-state index contributed by atoms with van der Waals surface area (Å²) in [5, 5.41) is 0. The standard InChI is InChI=1S/C18H21BrN2O3/c1-11-7-12(2)10-20(9-11)16(22)5-6-21-17(23)14-4-3-13(19)8-15(14)18(21)24/h3-4,8,11-12H,5-7,9-10H2,1-2H3/t11-,12-/m1/s1. The Labute approximate surface area is 150 Å². The molecule has 0 aliphatic carbocycles. The molecule has 1 aromatic carbocycles. The van der Waals surface area contributed by atoms with Crippen LogP contribution in [0.5, 0.6) is 0 Å². The molecule has 0 N–H and O–H groups in total. The number of hydrogen-bond donors (Lipinski definition) is 0. The second-order valence-electron chi connectivity index (χ2n) is 6.95. The third-order valence-electron chi connectivity index (χ3n) is 4.70. The van der Waals surface area contributed by atoms with E-state index < -0.39 is 0 Å². The Hall–Kier alpha value is -1.69. The van der Waals surface area contributed by atoms with E-state index in [0.29, 0.717) is 23.0 Å². The third kappa shape index (κ3) is 3.24. The van der Waals surface area contributed by atoms with Gasteiger partial charge >= 0.3 is 0 Å². The molecule has 0 saturated carbocycles. The zero-order valence-corrected chi connectivity index (χ0v) is 15.5. The van der Waals surface area contributed by atoms with Crippen molar-refractivity contribution in [2.24, 2.45) is 11.8 Å². The molecule has 6 heteroatoms. The van der Waals surface area contributed by atoms with E-state index in [0.717, 1.165) is 24.0 Å². The van der Waals surface area contributed by atoms with Gasteiger partial charge in [-0.3, -0.25) is 19.3 Å². The first-order chi connectivity index (χ1) is 11.4. The van der Waals surface area contributed by atoms with Crippen LogP contribution < -0.4 is 0 Å². The summed E-state index contributed by atoms with van der Waals surface area (Å²) < 4.78 is 0.761. The van der Waals surface area contributed by atoms with Crippen LogP contribution in [0.1, 0.15) is 47.4 Å². The minimum absolute atomic E-state index is 0.0196. The molecule has 128 valence electrons. The van der Waals surface area contributed by atoms with Gasteiger partial charge < -0.3 is 4.90 Å². The summed E-state index contributed by atoms with van der Waals surface area (Å²) in [4.78, 5) is 40.3. The maximum absolute atomic E-state index is 12.5. The van der Waals surface area contributed by atoms with Crippen LogP contribution in [0.15, 0.2) is 22.7 Å². The number of halogens is 1. The molecule has 0 radical (unpaired) electrons. The number of likely N-dealkylation sites (tertiary alicyclic amines) is 1. The zero-order chi connectivity index (χ0) is 17.4. The Bertz CT molecular complexity index is 694. The molecule has 0 unspecified atom stereocenters. The molecule has 2 aliphatic heterocycles. The van der Waals surface area contributed by atoms with Crippen molar-refractivity contribution < 1.29 is 14.4 Å². The average Bonchev–Trinajstić information content (AvgIpc) is 2.75. The molecule has 0 aromatic heterocycles. The number of benzene rings is 1. The van der Waals surface area contributed by atoms with Gasteiger partial charge in [0.1, 0.15) is 0 Å². The maximum Gasteiger partial charge on any atom is 0.261 e. The molecule has 3 amide bonds. The van der Waals surface area contributed by atoms with Crippen LogP contribution in [0.25, 0.3) is 0 Å². The number of carbonyl (C=O) groups excluding carboxylic acids is 3. The fourth-order valence-electron chi connectivity index (χ4n) is 3.70. The van der Waals surface area contributed by atoms with Gasteiger partial charge in [0.25, 0.3) is 11.8 Å². The van der Waals surface area contributed by atoms with Crippen molar-refractivity contribution in [2.75, 3.05) is 19.6 Å². The van der Waals surface area contributed by atoms with E-state index in [4.69, 9.17) is 0 Å². The predicted molar refractivity (Wildman–Crippen MR) is 93.7 cm³/mol. The highest BCUT2D eigenvalue weighted by Crippen LogP contribution is 2.26. The van der Waals surface area contributed by atoms with E-state index in [1.807, 2.05) is 4.90 Å². The number of carbonyl (C=O) groups is 3. The van der Waals surface area contributed by atoms with E-state index >= 15 is 0 Å². The average molecular weight is 393 g/mol. The van der Waals surface area contributed by atoms with E-state index in [9.17, 15) is 14.4 Å². The van der Waals surface area contributed by atoms with E-state index in [-0.39, 0.29) is 30.7 Å². The summed E-state index contributed by atoms with van der Waals surface area (Å²) in [6.45, 7) is 5.97. The molecule has 3 rings (SSSR count). The lowest BCUT2D eigenvalue weighted by molar-refractivity contribution is -0.133. The summed E-state index contributed by atoms with van der Waals surface area (Å²) in [7, 11) is 0. The van der Waals surface area contributed by atoms with Crippen LogP contribution >= 0.6 is 15.9 Å². The number of nitrogens with zero attached hydrogens (tertiary/aromatic N) is 2. The van der Waals surface area contributed by atoms with Crippen molar-refractivity contribution in [1.82, 2.24) is 9.80 Å². The Balaban J connectivity index is 1.64. The first-order valence-electron chi connectivity index (χ1n) is 8.30. The molecule has 0 spiro atoms. The van der Waals surface area contributed by atoms with E-state index in [1.165, 1.54) is 4.90 Å². The fourth-order valence-corrected chi connectivity index (χ4v) is 4.06. The summed E-state index contributed by atoms with van der Waals surface area (Å²) >= 11 is 3.31. The topological polar surface area (TPSA) is 57.7 Å². The van der Waals surface area contributed by atoms with Gasteiger partial charge in [0, 0.05) is 30.5 Å². The first-order valence-corrected chi connectivity index (χ1v) is 9.09. The van der Waals surface area contributed by atoms with Crippen molar-refractivity contribution in [3.63, 3.8) is 0 Å². The van der Waals surface area contributed by atoms with Crippen LogP contribution in [0, 0.1) is 11.8 Å². The number of rotatable bonds is 3. The van der Waals surface area contributed by atoms with E-state index in [1.54, 1.807) is 18.2 Å². The largest absolute Gasteiger partial charge is 0.342 e. The summed E-state index contributed by atoms with van der Waals surface area (Å²) in [6.07, 6.45) is 1.32. The lowest BCUT2D eigenvalue weighted by atomic mass is 9.92. The summed E-state index contributed by atoms with van der Waals surface area (Å²) in [5.74, 6) is 0.384. The number of amides is 3. The Morgan fingerprint density at radius 2 is 1.75 bits per heavy atom. The molecule has 1 aromatic rings. The van der Waals surface area contributed by atoms with Crippen molar-refractivity contribution >= 4 is 33.7 Å². The number of piperidine rings is 1. The zero-order valence-electron chi connectivity index (χ0n) is 13.9. The second-order valence-corrected chi connectivity index (χ2v) is 7.86. The molecular weight excluding hydrogens is 372 g/mol. The quantitative estimate of drug-likeness (QED) is 0.742. The fraction of sp³-hybridized carbons (Fsp3) is 0.500. The number of fused-ring (bicyclic) bond motifs is 1. The van der Waals surface area contributed by atoms with Gasteiger partial charge in [-0.2, -0.15) is 0 Å². The first kappa shape index (κ1) is 17.1. The molecule has 2 heterocycles. The number of hydrogen-bond acceptors (Lipinski definition) is 3. The highest BCUT2D eigenvalue weighted by Gasteiger charge is 2.36. The van der Waals surface area contributed by atoms with Crippen LogP contribution in [-0.2, 0) is 4.79 Å². The minimum Gasteiger partial charge on any atom is -0.342 e. The normalized spacial score (nSPS) is 23.6. The van der Waals surface area contributed by atoms with Crippen molar-refractivity contribution in [3.8, 4) is 0 Å². The monoisotopic (exact) mass is 392 g/mol. The van der Waals surface area contributed by atoms with Crippen LogP contribution in [0.2, 0.25) is 0 Å². The molecule has 2 atom stereocenters. The van der Waals surface area contributed by atoms with Crippen LogP contribution in [0.4, 0.5) is 0 Å². The van der Waals surface area contributed by atoms with Crippen LogP contribution in [0.3, 0.4) is 0 Å². The smallest absolute Gasteiger partial charge is 0.261 e. The lowest BCUT2D eigenvalue weighted by Crippen LogP contribution is -2.44. The molecule has 1 fully saturated rings. The van der Waals surface area contributed by atoms with Gasteiger partial charge in [-0.1, -0.05) is 29.8 Å². The van der Waals surface area contributed by atoms with Gasteiger partial charge in [0.2, 0.25) is 5.91 Å². The third-order valence-corrected chi connectivity index (χ3v) is 5.20. The minimum atomic E-state index is -0.315. The molecule has 0 bridgehead atoms. The number of imide groups is 1. The Morgan fingerprint density at radius 3 is 2.42 bits per heavy atom. The van der Waals surface area contributed by atoms with Gasteiger partial charge in [0.05, 0.1) is 11.1 Å². The highest BCUT2D eigenvalue weighted by molar-refractivity contribution is 9.10. The maximum atomic E-state index is 12.5. The van der Waals surface area contributed by atoms with Gasteiger partial charge in [0.15, 0.2) is 0 Å². The molecule has 2 aliphatic rings. The molecule has 1 saturated heterocycles. The van der Waals surface area contributed by atoms with Crippen molar-refractivity contribution in [1.29, 1.82) is 0 Å². The predicted octanol–water partition coefficient (Wildman–Crippen LogP) is 2.94. The van der Waals surface area contributed by atoms with Gasteiger partial charge in [-0.05, 0) is 36.5 Å². The molecule has 5 nitrogen and oxygen atoms in total. The summed E-state index contributed by atoms with van der Waals surface area (Å²) in [5.41, 5.74) is 0.818. The SMILES string of the molecule is C[C@@H]1C[C@@H](C)CN(C(=O)CCN2C(=O)c3ccc(Br)cc3C2=O)C1. The van der Waals surface area contributed by atoms with Crippen LogP contribution in [-0.4, -0.2) is 47.2 Å². The second kappa shape index (κ2) is 6.67. The Morgan fingerprint density at radius 1 is 1.12 bits per heavy atom. The van der Waals surface area contributed by atoms with Crippen molar-refractivity contribution in [3.05, 3.63) is 33.8 Å². The molecule has 24 heavy (non-hydrogen) atoms. The Kier molecular flexibility index (Phi) is 4.76. The highest BCUT2D eigenvalue weighted by atomic mass is 79.9. The van der Waals surface area contributed by atoms with Gasteiger partial charge in [-0.25, -0.2) is 0 Å². The summed E-state index contributed by atoms with van der Waals surface area (Å²) in [6, 6.07) is 5.05. The molecular formula is C18H21BrN2O3. The van der Waals surface area contributed by atoms with Crippen molar-refractivity contribution in [2.45, 2.75) is 26.7 Å². The van der Waals surface area contributed by atoms with Gasteiger partial charge in [-0.15, -0.1) is 0 Å².